The van der Waals surface area contributed by atoms with Gasteiger partial charge in [0.25, 0.3) is 11.8 Å². The third kappa shape index (κ3) is 4.33. The molecule has 0 fully saturated rings. The predicted molar refractivity (Wildman–Crippen MR) is 119 cm³/mol. The van der Waals surface area contributed by atoms with Crippen LogP contribution in [0.3, 0.4) is 0 Å². The van der Waals surface area contributed by atoms with Crippen LogP contribution >= 0.6 is 0 Å². The number of fused-ring (bicyclic) bond motifs is 1. The molecular formula is C25H22N2O4. The topological polar surface area (TPSA) is 75.7 Å². The molecule has 1 aliphatic rings. The SMILES string of the molecule is COC(=O)c1ccc(NC(=O)c2ccc3c(c2)CCCN3C(=O)c2ccccc2)cc1. The van der Waals surface area contributed by atoms with Crippen LogP contribution in [0.15, 0.2) is 72.8 Å². The molecule has 0 atom stereocenters. The average Bonchev–Trinajstić information content (AvgIpc) is 2.83. The van der Waals surface area contributed by atoms with Crippen molar-refractivity contribution in [2.24, 2.45) is 0 Å². The van der Waals surface area contributed by atoms with E-state index in [0.717, 1.165) is 24.1 Å². The lowest BCUT2D eigenvalue weighted by atomic mass is 9.98. The molecule has 0 bridgehead atoms. The summed E-state index contributed by atoms with van der Waals surface area (Å²) in [5.41, 5.74) is 3.98. The number of anilines is 2. The van der Waals surface area contributed by atoms with Gasteiger partial charge in [-0.2, -0.15) is 0 Å². The first kappa shape index (κ1) is 20.3. The first-order valence-electron chi connectivity index (χ1n) is 10.1. The Hall–Kier alpha value is -3.93. The van der Waals surface area contributed by atoms with Crippen molar-refractivity contribution in [3.63, 3.8) is 0 Å². The summed E-state index contributed by atoms with van der Waals surface area (Å²) in [6.45, 7) is 0.652. The number of benzene rings is 3. The summed E-state index contributed by atoms with van der Waals surface area (Å²) in [6.07, 6.45) is 1.65. The van der Waals surface area contributed by atoms with Gasteiger partial charge in [0.1, 0.15) is 0 Å². The summed E-state index contributed by atoms with van der Waals surface area (Å²) in [5.74, 6) is -0.716. The van der Waals surface area contributed by atoms with Crippen molar-refractivity contribution in [3.05, 3.63) is 95.1 Å². The number of nitrogens with one attached hydrogen (secondary N) is 1. The number of methoxy groups -OCH3 is 1. The summed E-state index contributed by atoms with van der Waals surface area (Å²) in [6, 6.07) is 21.1. The van der Waals surface area contributed by atoms with Crippen LogP contribution in [0, 0.1) is 0 Å². The highest BCUT2D eigenvalue weighted by Crippen LogP contribution is 2.29. The number of nitrogens with zero attached hydrogens (tertiary/aromatic N) is 1. The summed E-state index contributed by atoms with van der Waals surface area (Å²) < 4.78 is 4.68. The van der Waals surface area contributed by atoms with E-state index in [2.05, 4.69) is 10.1 Å². The fraction of sp³-hybridized carbons (Fsp3) is 0.160. The number of amides is 2. The summed E-state index contributed by atoms with van der Waals surface area (Å²) in [5, 5.41) is 2.84. The minimum atomic E-state index is -0.429. The van der Waals surface area contributed by atoms with E-state index in [4.69, 9.17) is 0 Å². The minimum Gasteiger partial charge on any atom is -0.465 e. The van der Waals surface area contributed by atoms with Crippen LogP contribution in [0.4, 0.5) is 11.4 Å². The molecule has 0 unspecified atom stereocenters. The number of hydrogen-bond donors (Lipinski definition) is 1. The van der Waals surface area contributed by atoms with Crippen molar-refractivity contribution in [2.45, 2.75) is 12.8 Å². The standard InChI is InChI=1S/C25H22N2O4/c1-31-25(30)18-9-12-21(13-10-18)26-23(28)20-11-14-22-19(16-20)8-5-15-27(22)24(29)17-6-3-2-4-7-17/h2-4,6-7,9-14,16H,5,8,15H2,1H3,(H,26,28). The van der Waals surface area contributed by atoms with E-state index in [-0.39, 0.29) is 11.8 Å². The molecule has 2 amide bonds. The number of rotatable bonds is 4. The van der Waals surface area contributed by atoms with Crippen LogP contribution in [0.2, 0.25) is 0 Å². The number of ether oxygens (including phenoxy) is 1. The Morgan fingerprint density at radius 2 is 1.58 bits per heavy atom. The highest BCUT2D eigenvalue weighted by molar-refractivity contribution is 6.08. The maximum Gasteiger partial charge on any atom is 0.337 e. The van der Waals surface area contributed by atoms with Crippen LogP contribution in [0.25, 0.3) is 0 Å². The average molecular weight is 414 g/mol. The van der Waals surface area contributed by atoms with Gasteiger partial charge in [-0.05, 0) is 73.0 Å². The number of carbonyl (C=O) groups excluding carboxylic acids is 3. The van der Waals surface area contributed by atoms with Gasteiger partial charge in [0.15, 0.2) is 0 Å². The maximum atomic E-state index is 12.9. The van der Waals surface area contributed by atoms with Gasteiger partial charge in [0.2, 0.25) is 0 Å². The molecule has 0 saturated heterocycles. The van der Waals surface area contributed by atoms with E-state index >= 15 is 0 Å². The largest absolute Gasteiger partial charge is 0.465 e. The van der Waals surface area contributed by atoms with Crippen LogP contribution in [0.5, 0.6) is 0 Å². The molecule has 1 N–H and O–H groups in total. The van der Waals surface area contributed by atoms with Crippen molar-refractivity contribution in [3.8, 4) is 0 Å². The summed E-state index contributed by atoms with van der Waals surface area (Å²) in [4.78, 5) is 39.0. The Balaban J connectivity index is 1.52. The Labute approximate surface area is 180 Å². The van der Waals surface area contributed by atoms with Crippen molar-refractivity contribution in [1.29, 1.82) is 0 Å². The maximum absolute atomic E-state index is 12.9. The smallest absolute Gasteiger partial charge is 0.337 e. The van der Waals surface area contributed by atoms with Gasteiger partial charge in [-0.15, -0.1) is 0 Å². The summed E-state index contributed by atoms with van der Waals surface area (Å²) >= 11 is 0. The van der Waals surface area contributed by atoms with Crippen LogP contribution in [-0.4, -0.2) is 31.4 Å². The molecule has 0 saturated carbocycles. The molecule has 3 aromatic carbocycles. The summed E-state index contributed by atoms with van der Waals surface area (Å²) in [7, 11) is 1.32. The van der Waals surface area contributed by atoms with Crippen molar-refractivity contribution in [2.75, 3.05) is 23.9 Å². The van der Waals surface area contributed by atoms with E-state index in [0.29, 0.717) is 28.9 Å². The fourth-order valence-electron chi connectivity index (χ4n) is 3.70. The van der Waals surface area contributed by atoms with Crippen molar-refractivity contribution in [1.82, 2.24) is 0 Å². The second kappa shape index (κ2) is 8.83. The molecule has 156 valence electrons. The van der Waals surface area contributed by atoms with Gasteiger partial charge >= 0.3 is 5.97 Å². The number of hydrogen-bond acceptors (Lipinski definition) is 4. The second-order valence-corrected chi connectivity index (χ2v) is 7.29. The lowest BCUT2D eigenvalue weighted by Crippen LogP contribution is -2.35. The normalized spacial score (nSPS) is 12.6. The quantitative estimate of drug-likeness (QED) is 0.645. The van der Waals surface area contributed by atoms with Crippen molar-refractivity contribution >= 4 is 29.2 Å². The highest BCUT2D eigenvalue weighted by atomic mass is 16.5. The van der Waals surface area contributed by atoms with Gasteiger partial charge in [0.05, 0.1) is 12.7 Å². The molecule has 6 heteroatoms. The fourth-order valence-corrected chi connectivity index (χ4v) is 3.70. The number of carbonyl (C=O) groups is 3. The van der Waals surface area contributed by atoms with E-state index in [9.17, 15) is 14.4 Å². The van der Waals surface area contributed by atoms with Crippen LogP contribution in [-0.2, 0) is 11.2 Å². The van der Waals surface area contributed by atoms with Gasteiger partial charge < -0.3 is 15.0 Å². The monoisotopic (exact) mass is 414 g/mol. The number of aryl methyl sites for hydroxylation is 1. The molecule has 31 heavy (non-hydrogen) atoms. The Kier molecular flexibility index (Phi) is 5.80. The number of esters is 1. The third-order valence-corrected chi connectivity index (χ3v) is 5.29. The van der Waals surface area contributed by atoms with Crippen LogP contribution < -0.4 is 10.2 Å². The van der Waals surface area contributed by atoms with Gasteiger partial charge in [-0.25, -0.2) is 4.79 Å². The molecule has 1 aliphatic heterocycles. The Morgan fingerprint density at radius 1 is 0.871 bits per heavy atom. The van der Waals surface area contributed by atoms with E-state index in [1.54, 1.807) is 35.2 Å². The van der Waals surface area contributed by atoms with Crippen molar-refractivity contribution < 1.29 is 19.1 Å². The lowest BCUT2D eigenvalue weighted by Gasteiger charge is -2.30. The van der Waals surface area contributed by atoms with E-state index < -0.39 is 5.97 Å². The zero-order valence-corrected chi connectivity index (χ0v) is 17.1. The third-order valence-electron chi connectivity index (χ3n) is 5.29. The minimum absolute atomic E-state index is 0.0375. The zero-order chi connectivity index (χ0) is 21.8. The molecule has 0 radical (unpaired) electrons. The molecule has 3 aromatic rings. The predicted octanol–water partition coefficient (Wildman–Crippen LogP) is 4.32. The van der Waals surface area contributed by atoms with E-state index in [1.807, 2.05) is 42.5 Å². The van der Waals surface area contributed by atoms with Crippen LogP contribution in [0.1, 0.15) is 43.1 Å². The lowest BCUT2D eigenvalue weighted by molar-refractivity contribution is 0.0600. The van der Waals surface area contributed by atoms with Gasteiger partial charge in [0, 0.05) is 29.0 Å². The molecule has 6 nitrogen and oxygen atoms in total. The molecule has 1 heterocycles. The Morgan fingerprint density at radius 3 is 2.29 bits per heavy atom. The first-order valence-corrected chi connectivity index (χ1v) is 10.1. The zero-order valence-electron chi connectivity index (χ0n) is 17.1. The highest BCUT2D eigenvalue weighted by Gasteiger charge is 2.24. The second-order valence-electron chi connectivity index (χ2n) is 7.29. The Bertz CT molecular complexity index is 1120. The molecule has 0 spiro atoms. The molecule has 4 rings (SSSR count). The van der Waals surface area contributed by atoms with Gasteiger partial charge in [-0.3, -0.25) is 9.59 Å². The molecule has 0 aromatic heterocycles. The van der Waals surface area contributed by atoms with Gasteiger partial charge in [-0.1, -0.05) is 18.2 Å². The first-order chi connectivity index (χ1) is 15.1. The van der Waals surface area contributed by atoms with E-state index in [1.165, 1.54) is 7.11 Å². The molecular weight excluding hydrogens is 392 g/mol. The molecule has 0 aliphatic carbocycles.